The third-order valence-electron chi connectivity index (χ3n) is 4.41. The Morgan fingerprint density at radius 2 is 2.09 bits per heavy atom. The predicted octanol–water partition coefficient (Wildman–Crippen LogP) is 0.412. The summed E-state index contributed by atoms with van der Waals surface area (Å²) in [6, 6.07) is -0.424. The summed E-state index contributed by atoms with van der Waals surface area (Å²) >= 11 is 0. The SMILES string of the molecule is CC(=O)C1(O)CN(C2CCc3c2n[nH]c(=O)c3C(F)(F)F)C1. The van der Waals surface area contributed by atoms with Gasteiger partial charge in [0.15, 0.2) is 5.78 Å². The van der Waals surface area contributed by atoms with Gasteiger partial charge in [-0.05, 0) is 25.3 Å². The maximum Gasteiger partial charge on any atom is 0.422 e. The number of halogens is 3. The quantitative estimate of drug-likeness (QED) is 0.825. The van der Waals surface area contributed by atoms with Crippen molar-refractivity contribution in [2.45, 2.75) is 37.6 Å². The molecule has 1 saturated heterocycles. The zero-order chi connectivity index (χ0) is 16.3. The molecule has 2 N–H and O–H groups in total. The average Bonchev–Trinajstić information content (AvgIpc) is 2.75. The molecule has 0 aromatic carbocycles. The number of likely N-dealkylation sites (tertiary alicyclic amines) is 1. The number of ketones is 1. The van der Waals surface area contributed by atoms with Crippen molar-refractivity contribution in [1.82, 2.24) is 15.1 Å². The molecule has 1 fully saturated rings. The molecule has 1 aliphatic carbocycles. The molecule has 120 valence electrons. The molecule has 0 saturated carbocycles. The minimum atomic E-state index is -4.73. The second kappa shape index (κ2) is 4.63. The summed E-state index contributed by atoms with van der Waals surface area (Å²) in [5, 5.41) is 15.6. The second-order valence-corrected chi connectivity index (χ2v) is 5.84. The maximum absolute atomic E-state index is 13.0. The Morgan fingerprint density at radius 3 is 2.64 bits per heavy atom. The summed E-state index contributed by atoms with van der Waals surface area (Å²) in [5.41, 5.74) is -3.77. The predicted molar refractivity (Wildman–Crippen MR) is 68.1 cm³/mol. The standard InChI is InChI=1S/C13H14F3N3O3/c1-6(20)12(22)4-19(5-12)8-3-2-7-9(13(14,15)16)11(21)18-17-10(7)8/h8,22H,2-5H2,1H3,(H,18,21). The minimum absolute atomic E-state index is 0.0641. The van der Waals surface area contributed by atoms with Crippen LogP contribution >= 0.6 is 0 Å². The number of Topliss-reactive ketones (excluding diaryl/α,β-unsaturated/α-hetero) is 1. The van der Waals surface area contributed by atoms with Crippen LogP contribution in [0.2, 0.25) is 0 Å². The van der Waals surface area contributed by atoms with Crippen LogP contribution < -0.4 is 5.56 Å². The summed E-state index contributed by atoms with van der Waals surface area (Å²) in [6.45, 7) is 1.40. The van der Waals surface area contributed by atoms with E-state index in [0.717, 1.165) is 0 Å². The molecule has 0 bridgehead atoms. The van der Waals surface area contributed by atoms with Gasteiger partial charge in [0.1, 0.15) is 11.2 Å². The zero-order valence-corrected chi connectivity index (χ0v) is 11.7. The fourth-order valence-electron chi connectivity index (χ4n) is 3.17. The highest BCUT2D eigenvalue weighted by Gasteiger charge is 2.50. The molecule has 2 heterocycles. The first-order chi connectivity index (χ1) is 10.1. The molecule has 3 rings (SSSR count). The normalized spacial score (nSPS) is 24.0. The van der Waals surface area contributed by atoms with Crippen LogP contribution in [0, 0.1) is 0 Å². The fraction of sp³-hybridized carbons (Fsp3) is 0.615. The van der Waals surface area contributed by atoms with E-state index in [1.54, 1.807) is 4.90 Å². The number of H-pyrrole nitrogens is 1. The Morgan fingerprint density at radius 1 is 1.45 bits per heavy atom. The molecular weight excluding hydrogens is 303 g/mol. The number of carbonyl (C=O) groups is 1. The van der Waals surface area contributed by atoms with E-state index in [1.165, 1.54) is 6.92 Å². The van der Waals surface area contributed by atoms with Gasteiger partial charge in [-0.15, -0.1) is 0 Å². The van der Waals surface area contributed by atoms with Crippen LogP contribution in [0.4, 0.5) is 13.2 Å². The van der Waals surface area contributed by atoms with Gasteiger partial charge in [-0.25, -0.2) is 5.10 Å². The van der Waals surface area contributed by atoms with Gasteiger partial charge in [-0.3, -0.25) is 14.5 Å². The minimum Gasteiger partial charge on any atom is -0.379 e. The lowest BCUT2D eigenvalue weighted by atomic mass is 9.88. The average molecular weight is 317 g/mol. The van der Waals surface area contributed by atoms with Crippen molar-refractivity contribution in [3.05, 3.63) is 27.2 Å². The number of aliphatic hydroxyl groups is 1. The first-order valence-electron chi connectivity index (χ1n) is 6.79. The lowest BCUT2D eigenvalue weighted by molar-refractivity contribution is -0.159. The number of aromatic amines is 1. The van der Waals surface area contributed by atoms with Crippen molar-refractivity contribution in [3.63, 3.8) is 0 Å². The highest BCUT2D eigenvalue weighted by molar-refractivity contribution is 5.86. The lowest BCUT2D eigenvalue weighted by Gasteiger charge is -2.47. The van der Waals surface area contributed by atoms with Gasteiger partial charge >= 0.3 is 6.18 Å². The monoisotopic (exact) mass is 317 g/mol. The number of aromatic nitrogens is 2. The van der Waals surface area contributed by atoms with E-state index in [-0.39, 0.29) is 36.6 Å². The van der Waals surface area contributed by atoms with Crippen LogP contribution in [-0.4, -0.2) is 44.7 Å². The summed E-state index contributed by atoms with van der Waals surface area (Å²) < 4.78 is 39.0. The lowest BCUT2D eigenvalue weighted by Crippen LogP contribution is -2.65. The number of carbonyl (C=O) groups excluding carboxylic acids is 1. The maximum atomic E-state index is 13.0. The number of rotatable bonds is 2. The number of fused-ring (bicyclic) bond motifs is 1. The molecule has 1 aromatic rings. The molecule has 1 aliphatic heterocycles. The second-order valence-electron chi connectivity index (χ2n) is 5.84. The molecule has 9 heteroatoms. The number of nitrogens with one attached hydrogen (secondary N) is 1. The van der Waals surface area contributed by atoms with Crippen molar-refractivity contribution >= 4 is 5.78 Å². The van der Waals surface area contributed by atoms with Crippen LogP contribution in [0.5, 0.6) is 0 Å². The Hall–Kier alpha value is -1.74. The van der Waals surface area contributed by atoms with E-state index in [4.69, 9.17) is 0 Å². The molecule has 22 heavy (non-hydrogen) atoms. The van der Waals surface area contributed by atoms with Crippen molar-refractivity contribution in [3.8, 4) is 0 Å². The van der Waals surface area contributed by atoms with Crippen molar-refractivity contribution in [2.24, 2.45) is 0 Å². The van der Waals surface area contributed by atoms with Crippen molar-refractivity contribution in [2.75, 3.05) is 13.1 Å². The van der Waals surface area contributed by atoms with Crippen LogP contribution in [0.1, 0.15) is 36.2 Å². The number of hydrogen-bond acceptors (Lipinski definition) is 5. The molecular formula is C13H14F3N3O3. The highest BCUT2D eigenvalue weighted by atomic mass is 19.4. The van der Waals surface area contributed by atoms with Gasteiger partial charge in [0, 0.05) is 13.1 Å². The summed E-state index contributed by atoms with van der Waals surface area (Å²) in [4.78, 5) is 24.4. The van der Waals surface area contributed by atoms with Gasteiger partial charge in [0.05, 0.1) is 11.7 Å². The van der Waals surface area contributed by atoms with E-state index >= 15 is 0 Å². The molecule has 1 atom stereocenters. The van der Waals surface area contributed by atoms with Crippen LogP contribution in [0.15, 0.2) is 4.79 Å². The van der Waals surface area contributed by atoms with Gasteiger partial charge in [0.2, 0.25) is 0 Å². The molecule has 0 spiro atoms. The van der Waals surface area contributed by atoms with E-state index in [2.05, 4.69) is 5.10 Å². The van der Waals surface area contributed by atoms with Crippen LogP contribution in [-0.2, 0) is 17.4 Å². The third-order valence-corrected chi connectivity index (χ3v) is 4.41. The Balaban J connectivity index is 1.92. The van der Waals surface area contributed by atoms with Crippen molar-refractivity contribution in [1.29, 1.82) is 0 Å². The molecule has 1 unspecified atom stereocenters. The Labute approximate surface area is 122 Å². The summed E-state index contributed by atoms with van der Waals surface area (Å²) in [7, 11) is 0. The highest BCUT2D eigenvalue weighted by Crippen LogP contribution is 2.42. The van der Waals surface area contributed by atoms with Gasteiger partial charge < -0.3 is 5.11 Å². The van der Waals surface area contributed by atoms with Crippen molar-refractivity contribution < 1.29 is 23.1 Å². The first-order valence-corrected chi connectivity index (χ1v) is 6.79. The van der Waals surface area contributed by atoms with Gasteiger partial charge in [-0.2, -0.15) is 18.3 Å². The number of β-amino-alcohol motifs (C(OH)–C–C–N with tert-alkyl or cyclic N) is 1. The zero-order valence-electron chi connectivity index (χ0n) is 11.7. The number of alkyl halides is 3. The summed E-state index contributed by atoms with van der Waals surface area (Å²) in [5.74, 6) is -0.368. The Bertz CT molecular complexity index is 692. The topological polar surface area (TPSA) is 86.3 Å². The molecule has 0 radical (unpaired) electrons. The molecule has 1 aromatic heterocycles. The van der Waals surface area contributed by atoms with Gasteiger partial charge in [-0.1, -0.05) is 0 Å². The fourth-order valence-corrected chi connectivity index (χ4v) is 3.17. The molecule has 0 amide bonds. The number of nitrogens with zero attached hydrogens (tertiary/aromatic N) is 2. The smallest absolute Gasteiger partial charge is 0.379 e. The van der Waals surface area contributed by atoms with E-state index in [0.29, 0.717) is 6.42 Å². The number of hydrogen-bond donors (Lipinski definition) is 2. The van der Waals surface area contributed by atoms with E-state index in [1.807, 2.05) is 5.10 Å². The van der Waals surface area contributed by atoms with Gasteiger partial charge in [0.25, 0.3) is 5.56 Å². The Kier molecular flexibility index (Phi) is 3.19. The van der Waals surface area contributed by atoms with Crippen LogP contribution in [0.25, 0.3) is 0 Å². The molecule has 2 aliphatic rings. The first kappa shape index (κ1) is 15.2. The van der Waals surface area contributed by atoms with Crippen LogP contribution in [0.3, 0.4) is 0 Å². The van der Waals surface area contributed by atoms with E-state index < -0.39 is 28.9 Å². The third kappa shape index (κ3) is 2.15. The summed E-state index contributed by atoms with van der Waals surface area (Å²) in [6.07, 6.45) is -4.26. The molecule has 6 nitrogen and oxygen atoms in total. The largest absolute Gasteiger partial charge is 0.422 e. The van der Waals surface area contributed by atoms with E-state index in [9.17, 15) is 27.9 Å².